The first-order valence-corrected chi connectivity index (χ1v) is 12.3. The summed E-state index contributed by atoms with van der Waals surface area (Å²) in [4.78, 5) is 21.3. The van der Waals surface area contributed by atoms with Crippen LogP contribution in [0.3, 0.4) is 0 Å². The molecule has 0 atom stereocenters. The zero-order chi connectivity index (χ0) is 23.6. The lowest BCUT2D eigenvalue weighted by atomic mass is 10.1. The van der Waals surface area contributed by atoms with E-state index in [0.717, 1.165) is 22.4 Å². The second kappa shape index (κ2) is 9.36. The van der Waals surface area contributed by atoms with E-state index in [2.05, 4.69) is 9.97 Å². The number of amides is 1. The molecule has 0 aliphatic carbocycles. The number of aromatic amines is 1. The molecule has 0 radical (unpaired) electrons. The number of nitrogens with zero attached hydrogens (tertiary/aromatic N) is 3. The Bertz CT molecular complexity index is 1220. The van der Waals surface area contributed by atoms with Crippen LogP contribution in [0, 0.1) is 12.8 Å². The average molecular weight is 469 g/mol. The molecule has 0 spiro atoms. The number of carbonyl (C=O) groups excluding carboxylic acids is 1. The third kappa shape index (κ3) is 4.94. The van der Waals surface area contributed by atoms with Gasteiger partial charge < -0.3 is 14.6 Å². The highest BCUT2D eigenvalue weighted by Crippen LogP contribution is 2.29. The largest absolute Gasteiger partial charge is 0.492 e. The fourth-order valence-corrected chi connectivity index (χ4v) is 5.06. The highest BCUT2D eigenvalue weighted by atomic mass is 32.2. The molecule has 0 bridgehead atoms. The Morgan fingerprint density at radius 1 is 1.21 bits per heavy atom. The van der Waals surface area contributed by atoms with Crippen LogP contribution in [0.4, 0.5) is 5.69 Å². The lowest BCUT2D eigenvalue weighted by molar-refractivity contribution is -0.121. The lowest BCUT2D eigenvalue weighted by Crippen LogP contribution is -2.34. The molecule has 4 rings (SSSR count). The van der Waals surface area contributed by atoms with Crippen molar-refractivity contribution in [1.29, 1.82) is 0 Å². The first kappa shape index (κ1) is 23.0. The summed E-state index contributed by atoms with van der Waals surface area (Å²) in [5.41, 5.74) is 3.60. The molecule has 9 heteroatoms. The average Bonchev–Trinajstić information content (AvgIpc) is 3.25. The maximum Gasteiger partial charge on any atom is 0.260 e. The molecule has 0 saturated carbocycles. The Morgan fingerprint density at radius 3 is 2.64 bits per heavy atom. The smallest absolute Gasteiger partial charge is 0.260 e. The van der Waals surface area contributed by atoms with Gasteiger partial charge in [-0.1, -0.05) is 37.6 Å². The minimum atomic E-state index is -3.72. The second-order valence-electron chi connectivity index (χ2n) is 8.46. The maximum atomic E-state index is 13.0. The van der Waals surface area contributed by atoms with Gasteiger partial charge in [-0.05, 0) is 36.8 Å². The zero-order valence-corrected chi connectivity index (χ0v) is 19.8. The standard InChI is InChI=1S/C24H28N4O4S/c1-17(2)24(29)28(21-7-4-18(3)5-8-21)14-19-6-9-22-20(12-19)15-27(10-11-32-22)33(30,31)23-13-25-16-26-23/h4-9,12-13,16-17H,10-11,14-15H2,1-3H3,(H,25,26). The van der Waals surface area contributed by atoms with Crippen molar-refractivity contribution < 1.29 is 17.9 Å². The van der Waals surface area contributed by atoms with Crippen molar-refractivity contribution in [2.45, 2.75) is 38.9 Å². The normalized spacial score (nSPS) is 14.4. The van der Waals surface area contributed by atoms with Crippen molar-refractivity contribution in [2.24, 2.45) is 5.92 Å². The van der Waals surface area contributed by atoms with Gasteiger partial charge in [0.1, 0.15) is 12.4 Å². The SMILES string of the molecule is Cc1ccc(N(Cc2ccc3c(c2)CN(S(=O)(=O)c2cnc[nH]2)CCO3)C(=O)C(C)C)cc1. The van der Waals surface area contributed by atoms with Gasteiger partial charge in [-0.25, -0.2) is 13.4 Å². The van der Waals surface area contributed by atoms with Gasteiger partial charge in [0.05, 0.1) is 19.1 Å². The number of anilines is 1. The van der Waals surface area contributed by atoms with Crippen LogP contribution in [0.25, 0.3) is 0 Å². The zero-order valence-electron chi connectivity index (χ0n) is 19.0. The van der Waals surface area contributed by atoms with E-state index in [0.29, 0.717) is 12.3 Å². The molecule has 1 amide bonds. The van der Waals surface area contributed by atoms with Crippen LogP contribution in [0.1, 0.15) is 30.5 Å². The minimum Gasteiger partial charge on any atom is -0.492 e. The van der Waals surface area contributed by atoms with Crippen LogP contribution in [0.5, 0.6) is 5.75 Å². The Labute approximate surface area is 194 Å². The summed E-state index contributed by atoms with van der Waals surface area (Å²) in [7, 11) is -3.72. The van der Waals surface area contributed by atoms with E-state index in [4.69, 9.17) is 4.74 Å². The minimum absolute atomic E-state index is 0.0218. The highest BCUT2D eigenvalue weighted by molar-refractivity contribution is 7.89. The topological polar surface area (TPSA) is 95.6 Å². The van der Waals surface area contributed by atoms with Gasteiger partial charge >= 0.3 is 0 Å². The Kier molecular flexibility index (Phi) is 6.53. The van der Waals surface area contributed by atoms with Gasteiger partial charge in [-0.3, -0.25) is 4.79 Å². The van der Waals surface area contributed by atoms with Crippen molar-refractivity contribution in [3.63, 3.8) is 0 Å². The molecule has 1 aliphatic rings. The predicted octanol–water partition coefficient (Wildman–Crippen LogP) is 3.49. The van der Waals surface area contributed by atoms with E-state index in [9.17, 15) is 13.2 Å². The summed E-state index contributed by atoms with van der Waals surface area (Å²) >= 11 is 0. The number of carbonyl (C=O) groups is 1. The molecular formula is C24H28N4O4S. The quantitative estimate of drug-likeness (QED) is 0.598. The number of aryl methyl sites for hydroxylation is 1. The van der Waals surface area contributed by atoms with E-state index in [-0.39, 0.29) is 36.5 Å². The number of nitrogens with one attached hydrogen (secondary N) is 1. The number of H-pyrrole nitrogens is 1. The molecule has 174 valence electrons. The van der Waals surface area contributed by atoms with E-state index in [1.54, 1.807) is 4.90 Å². The molecular weight excluding hydrogens is 440 g/mol. The van der Waals surface area contributed by atoms with Gasteiger partial charge in [0, 0.05) is 30.3 Å². The summed E-state index contributed by atoms with van der Waals surface area (Å²) in [6, 6.07) is 13.6. The molecule has 1 aliphatic heterocycles. The van der Waals surface area contributed by atoms with Crippen LogP contribution in [0.2, 0.25) is 0 Å². The number of fused-ring (bicyclic) bond motifs is 1. The summed E-state index contributed by atoms with van der Waals surface area (Å²) < 4.78 is 33.2. The molecule has 1 N–H and O–H groups in total. The number of hydrogen-bond acceptors (Lipinski definition) is 5. The molecule has 0 saturated heterocycles. The van der Waals surface area contributed by atoms with Crippen LogP contribution in [0.15, 0.2) is 60.0 Å². The predicted molar refractivity (Wildman–Crippen MR) is 125 cm³/mol. The van der Waals surface area contributed by atoms with Gasteiger partial charge in [-0.2, -0.15) is 4.31 Å². The molecule has 8 nitrogen and oxygen atoms in total. The molecule has 2 aromatic carbocycles. The fraction of sp³-hybridized carbons (Fsp3) is 0.333. The third-order valence-corrected chi connectivity index (χ3v) is 7.38. The van der Waals surface area contributed by atoms with Gasteiger partial charge in [0.25, 0.3) is 10.0 Å². The van der Waals surface area contributed by atoms with Crippen molar-refractivity contribution in [1.82, 2.24) is 14.3 Å². The van der Waals surface area contributed by atoms with Crippen molar-refractivity contribution in [2.75, 3.05) is 18.1 Å². The van der Waals surface area contributed by atoms with Crippen LogP contribution >= 0.6 is 0 Å². The molecule has 0 unspecified atom stereocenters. The first-order valence-electron chi connectivity index (χ1n) is 10.9. The lowest BCUT2D eigenvalue weighted by Gasteiger charge is -2.25. The van der Waals surface area contributed by atoms with Crippen LogP contribution in [-0.2, 0) is 27.9 Å². The highest BCUT2D eigenvalue weighted by Gasteiger charge is 2.29. The van der Waals surface area contributed by atoms with E-state index in [1.807, 2.05) is 63.2 Å². The number of imidazole rings is 1. The number of hydrogen-bond donors (Lipinski definition) is 1. The number of benzene rings is 2. The first-order chi connectivity index (χ1) is 15.8. The van der Waals surface area contributed by atoms with E-state index < -0.39 is 10.0 Å². The number of rotatable bonds is 6. The van der Waals surface area contributed by atoms with Gasteiger partial charge in [0.15, 0.2) is 5.03 Å². The molecule has 3 aromatic rings. The van der Waals surface area contributed by atoms with Crippen molar-refractivity contribution in [3.05, 3.63) is 71.7 Å². The number of aromatic nitrogens is 2. The Morgan fingerprint density at radius 2 is 1.97 bits per heavy atom. The monoisotopic (exact) mass is 468 g/mol. The summed E-state index contributed by atoms with van der Waals surface area (Å²) in [6.45, 7) is 6.80. The van der Waals surface area contributed by atoms with E-state index >= 15 is 0 Å². The second-order valence-corrected chi connectivity index (χ2v) is 10.4. The molecule has 2 heterocycles. The summed E-state index contributed by atoms with van der Waals surface area (Å²) in [5, 5.41) is 0.0511. The fourth-order valence-electron chi connectivity index (χ4n) is 3.77. The number of sulfonamides is 1. The maximum absolute atomic E-state index is 13.0. The Balaban J connectivity index is 1.63. The van der Waals surface area contributed by atoms with Crippen LogP contribution < -0.4 is 9.64 Å². The molecule has 1 aromatic heterocycles. The van der Waals surface area contributed by atoms with E-state index in [1.165, 1.54) is 16.8 Å². The molecule has 0 fully saturated rings. The van der Waals surface area contributed by atoms with Crippen molar-refractivity contribution >= 4 is 21.6 Å². The number of ether oxygens (including phenoxy) is 1. The summed E-state index contributed by atoms with van der Waals surface area (Å²) in [6.07, 6.45) is 2.65. The Hall–Kier alpha value is -3.17. The van der Waals surface area contributed by atoms with Crippen LogP contribution in [-0.4, -0.2) is 41.7 Å². The van der Waals surface area contributed by atoms with Crippen molar-refractivity contribution in [3.8, 4) is 5.75 Å². The van der Waals surface area contributed by atoms with Gasteiger partial charge in [0.2, 0.25) is 5.91 Å². The third-order valence-electron chi connectivity index (χ3n) is 5.61. The van der Waals surface area contributed by atoms with Gasteiger partial charge in [-0.15, -0.1) is 0 Å². The molecule has 33 heavy (non-hydrogen) atoms. The summed E-state index contributed by atoms with van der Waals surface area (Å²) in [5.74, 6) is 0.511.